The maximum atomic E-state index is 14.6. The fourth-order valence-electron chi connectivity index (χ4n) is 3.44. The van der Waals surface area contributed by atoms with Gasteiger partial charge >= 0.3 is 0 Å². The molecule has 1 amide bonds. The predicted molar refractivity (Wildman–Crippen MR) is 114 cm³/mol. The highest BCUT2D eigenvalue weighted by molar-refractivity contribution is 7.89. The van der Waals surface area contributed by atoms with Crippen LogP contribution in [-0.4, -0.2) is 30.1 Å². The van der Waals surface area contributed by atoms with Crippen molar-refractivity contribution in [1.29, 1.82) is 0 Å². The third-order valence-electron chi connectivity index (χ3n) is 4.86. The molecule has 7 nitrogen and oxygen atoms in total. The number of carbonyl (C=O) groups excluding carboxylic acids is 1. The van der Waals surface area contributed by atoms with Gasteiger partial charge in [0.15, 0.2) is 15.6 Å². The van der Waals surface area contributed by atoms with Crippen molar-refractivity contribution in [2.45, 2.75) is 19.2 Å². The monoisotopic (exact) mass is 441 g/mol. The molecule has 2 aromatic carbocycles. The molecule has 0 bridgehead atoms. The van der Waals surface area contributed by atoms with Gasteiger partial charge in [-0.1, -0.05) is 24.3 Å². The first-order valence-electron chi connectivity index (χ1n) is 9.48. The molecular formula is C22H20FN3O4S. The maximum absolute atomic E-state index is 14.6. The van der Waals surface area contributed by atoms with Crippen LogP contribution in [0.3, 0.4) is 0 Å². The first-order chi connectivity index (χ1) is 14.7. The van der Waals surface area contributed by atoms with E-state index in [1.165, 1.54) is 6.07 Å². The summed E-state index contributed by atoms with van der Waals surface area (Å²) in [5, 5.41) is 3.26. The normalized spacial score (nSPS) is 11.7. The highest BCUT2D eigenvalue weighted by Crippen LogP contribution is 2.27. The molecule has 0 spiro atoms. The summed E-state index contributed by atoms with van der Waals surface area (Å²) in [6.45, 7) is 1.82. The summed E-state index contributed by atoms with van der Waals surface area (Å²) < 4.78 is 45.6. The fourth-order valence-corrected chi connectivity index (χ4v) is 4.25. The van der Waals surface area contributed by atoms with E-state index in [1.54, 1.807) is 60.3 Å². The Morgan fingerprint density at radius 2 is 2.00 bits per heavy atom. The lowest BCUT2D eigenvalue weighted by Crippen LogP contribution is -2.24. The number of halogens is 1. The number of nitrogens with zero attached hydrogens (tertiary/aromatic N) is 2. The fraction of sp³-hybridized carbons (Fsp3) is 0.182. The minimum absolute atomic E-state index is 0.0499. The number of hydrogen-bond donors (Lipinski definition) is 1. The number of hydrogen-bond acceptors (Lipinski definition) is 5. The van der Waals surface area contributed by atoms with Crippen LogP contribution in [0.15, 0.2) is 59.3 Å². The molecule has 0 fully saturated rings. The van der Waals surface area contributed by atoms with Crippen molar-refractivity contribution in [1.82, 2.24) is 14.9 Å². The number of benzene rings is 2. The summed E-state index contributed by atoms with van der Waals surface area (Å²) in [5.74, 6) is -0.736. The zero-order chi connectivity index (χ0) is 22.2. The first kappa shape index (κ1) is 20.8. The minimum atomic E-state index is -3.39. The second-order valence-electron chi connectivity index (χ2n) is 7.29. The maximum Gasteiger partial charge on any atom is 0.287 e. The molecule has 0 aliphatic carbocycles. The van der Waals surface area contributed by atoms with Crippen LogP contribution >= 0.6 is 0 Å². The van der Waals surface area contributed by atoms with Gasteiger partial charge in [0.2, 0.25) is 0 Å². The molecule has 31 heavy (non-hydrogen) atoms. The van der Waals surface area contributed by atoms with Gasteiger partial charge in [0.25, 0.3) is 5.91 Å². The van der Waals surface area contributed by atoms with E-state index in [1.807, 2.05) is 0 Å². The number of aromatic nitrogens is 2. The Hall–Kier alpha value is -3.46. The number of aryl methyl sites for hydroxylation is 1. The molecule has 4 rings (SSSR count). The third-order valence-corrected chi connectivity index (χ3v) is 5.67. The summed E-state index contributed by atoms with van der Waals surface area (Å²) in [4.78, 5) is 16.9. The molecule has 0 saturated heterocycles. The lowest BCUT2D eigenvalue weighted by Gasteiger charge is -2.09. The molecule has 1 N–H and O–H groups in total. The highest BCUT2D eigenvalue weighted by Gasteiger charge is 2.23. The van der Waals surface area contributed by atoms with Gasteiger partial charge in [-0.2, -0.15) is 0 Å². The average molecular weight is 441 g/mol. The third kappa shape index (κ3) is 4.36. The number of rotatable bonds is 6. The average Bonchev–Trinajstić information content (AvgIpc) is 3.29. The Labute approximate surface area is 178 Å². The van der Waals surface area contributed by atoms with Crippen LogP contribution in [0.5, 0.6) is 0 Å². The van der Waals surface area contributed by atoms with Crippen molar-refractivity contribution < 1.29 is 22.0 Å². The van der Waals surface area contributed by atoms with Crippen LogP contribution in [0.2, 0.25) is 0 Å². The van der Waals surface area contributed by atoms with E-state index in [9.17, 15) is 17.6 Å². The number of imidazole rings is 1. The van der Waals surface area contributed by atoms with Gasteiger partial charge in [-0.15, -0.1) is 0 Å². The van der Waals surface area contributed by atoms with E-state index in [0.29, 0.717) is 33.6 Å². The predicted octanol–water partition coefficient (Wildman–Crippen LogP) is 3.54. The van der Waals surface area contributed by atoms with Gasteiger partial charge in [0.1, 0.15) is 17.2 Å². The number of fused-ring (bicyclic) bond motifs is 1. The quantitative estimate of drug-likeness (QED) is 0.494. The van der Waals surface area contributed by atoms with Crippen LogP contribution in [0.25, 0.3) is 16.7 Å². The van der Waals surface area contributed by atoms with Gasteiger partial charge in [0, 0.05) is 36.1 Å². The standard InChI is InChI=1S/C22H20FN3O4S/c1-14-24-9-10-26(14)19-8-7-15(11-18(19)23)12-25-22(27)21-17(13-31(2,28)29)16-5-3-4-6-20(16)30-21/h3-11H,12-13H2,1-2H3,(H,25,27). The van der Waals surface area contributed by atoms with E-state index in [4.69, 9.17) is 4.42 Å². The molecular weight excluding hydrogens is 421 g/mol. The number of furan rings is 1. The SMILES string of the molecule is Cc1nccn1-c1ccc(CNC(=O)c2oc3ccccc3c2CS(C)(=O)=O)cc1F. The van der Waals surface area contributed by atoms with Crippen molar-refractivity contribution in [3.05, 3.63) is 83.4 Å². The molecule has 9 heteroatoms. The molecule has 160 valence electrons. The zero-order valence-electron chi connectivity index (χ0n) is 16.9. The number of amides is 1. The van der Waals surface area contributed by atoms with Crippen LogP contribution in [0.4, 0.5) is 4.39 Å². The molecule has 0 saturated carbocycles. The van der Waals surface area contributed by atoms with E-state index in [2.05, 4.69) is 10.3 Å². The van der Waals surface area contributed by atoms with E-state index >= 15 is 0 Å². The van der Waals surface area contributed by atoms with Gasteiger partial charge in [-0.05, 0) is 30.7 Å². The molecule has 0 aliphatic rings. The smallest absolute Gasteiger partial charge is 0.287 e. The number of nitrogens with one attached hydrogen (secondary N) is 1. The van der Waals surface area contributed by atoms with Crippen LogP contribution in [0.1, 0.15) is 27.5 Å². The van der Waals surface area contributed by atoms with Crippen molar-refractivity contribution in [2.24, 2.45) is 0 Å². The van der Waals surface area contributed by atoms with Gasteiger partial charge in [-0.3, -0.25) is 4.79 Å². The Bertz CT molecular complexity index is 1390. The van der Waals surface area contributed by atoms with E-state index < -0.39 is 21.6 Å². The van der Waals surface area contributed by atoms with Gasteiger partial charge < -0.3 is 14.3 Å². The van der Waals surface area contributed by atoms with Crippen LogP contribution in [-0.2, 0) is 22.1 Å². The molecule has 0 atom stereocenters. The second-order valence-corrected chi connectivity index (χ2v) is 9.43. The van der Waals surface area contributed by atoms with Gasteiger partial charge in [-0.25, -0.2) is 17.8 Å². The molecule has 2 aromatic heterocycles. The largest absolute Gasteiger partial charge is 0.451 e. The van der Waals surface area contributed by atoms with Crippen molar-refractivity contribution >= 4 is 26.7 Å². The molecule has 0 unspecified atom stereocenters. The molecule has 2 heterocycles. The summed E-state index contributed by atoms with van der Waals surface area (Å²) in [7, 11) is -3.39. The first-order valence-corrected chi connectivity index (χ1v) is 11.5. The highest BCUT2D eigenvalue weighted by atomic mass is 32.2. The summed E-state index contributed by atoms with van der Waals surface area (Å²) in [6, 6.07) is 11.5. The van der Waals surface area contributed by atoms with Gasteiger partial charge in [0.05, 0.1) is 11.4 Å². The van der Waals surface area contributed by atoms with Crippen molar-refractivity contribution in [2.75, 3.05) is 6.26 Å². The number of carbonyl (C=O) groups is 1. The van der Waals surface area contributed by atoms with Crippen molar-refractivity contribution in [3.63, 3.8) is 0 Å². The Morgan fingerprint density at radius 3 is 2.68 bits per heavy atom. The summed E-state index contributed by atoms with van der Waals surface area (Å²) in [6.07, 6.45) is 4.35. The zero-order valence-corrected chi connectivity index (χ0v) is 17.7. The van der Waals surface area contributed by atoms with E-state index in [0.717, 1.165) is 6.26 Å². The lowest BCUT2D eigenvalue weighted by atomic mass is 10.1. The van der Waals surface area contributed by atoms with E-state index in [-0.39, 0.29) is 18.1 Å². The van der Waals surface area contributed by atoms with Crippen LogP contribution in [0, 0.1) is 12.7 Å². The second kappa shape index (κ2) is 7.99. The Balaban J connectivity index is 1.57. The number of sulfone groups is 1. The summed E-state index contributed by atoms with van der Waals surface area (Å²) >= 11 is 0. The van der Waals surface area contributed by atoms with Crippen LogP contribution < -0.4 is 5.32 Å². The molecule has 0 radical (unpaired) electrons. The summed E-state index contributed by atoms with van der Waals surface area (Å²) in [5.41, 5.74) is 1.65. The molecule has 4 aromatic rings. The Morgan fingerprint density at radius 1 is 1.23 bits per heavy atom. The Kier molecular flexibility index (Phi) is 5.36. The lowest BCUT2D eigenvalue weighted by molar-refractivity contribution is 0.0924. The topological polar surface area (TPSA) is 94.2 Å². The van der Waals surface area contributed by atoms with Crippen molar-refractivity contribution in [3.8, 4) is 5.69 Å². The minimum Gasteiger partial charge on any atom is -0.451 e. The molecule has 0 aliphatic heterocycles. The number of para-hydroxylation sites is 1.